The summed E-state index contributed by atoms with van der Waals surface area (Å²) < 4.78 is 23.4. The van der Waals surface area contributed by atoms with Gasteiger partial charge in [-0.1, -0.05) is 11.6 Å². The molecule has 0 saturated heterocycles. The molecule has 0 saturated carbocycles. The Labute approximate surface area is 107 Å². The van der Waals surface area contributed by atoms with E-state index >= 15 is 0 Å². The third-order valence-corrected chi connectivity index (χ3v) is 2.32. The van der Waals surface area contributed by atoms with Crippen molar-refractivity contribution in [2.24, 2.45) is 0 Å². The van der Waals surface area contributed by atoms with Crippen LogP contribution in [0.25, 0.3) is 0 Å². The normalized spacial score (nSPS) is 10.2. The van der Waals surface area contributed by atoms with Crippen molar-refractivity contribution >= 4 is 17.3 Å². The Morgan fingerprint density at radius 1 is 1.39 bits per heavy atom. The molecule has 0 spiro atoms. The monoisotopic (exact) mass is 269 g/mol. The molecule has 0 unspecified atom stereocenters. The molecule has 5 nitrogen and oxygen atoms in total. The summed E-state index contributed by atoms with van der Waals surface area (Å²) in [5.74, 6) is -0.276. The van der Waals surface area contributed by atoms with E-state index in [-0.39, 0.29) is 28.3 Å². The Kier molecular flexibility index (Phi) is 3.47. The minimum atomic E-state index is -0.579. The number of benzene rings is 1. The molecule has 7 heteroatoms. The number of aromatic nitrogens is 2. The molecular formula is C11H9ClFN3O2. The van der Waals surface area contributed by atoms with Gasteiger partial charge in [-0.05, 0) is 12.1 Å². The van der Waals surface area contributed by atoms with Gasteiger partial charge in [0.05, 0.1) is 19.0 Å². The molecular weight excluding hydrogens is 261 g/mol. The Hall–Kier alpha value is -2.08. The number of rotatable bonds is 3. The third-order valence-electron chi connectivity index (χ3n) is 2.06. The molecule has 0 aliphatic rings. The second-order valence-electron chi connectivity index (χ2n) is 3.30. The van der Waals surface area contributed by atoms with E-state index in [1.54, 1.807) is 0 Å². The quantitative estimate of drug-likeness (QED) is 0.868. The molecule has 1 heterocycles. The first-order chi connectivity index (χ1) is 8.60. The molecule has 0 amide bonds. The lowest BCUT2D eigenvalue weighted by Gasteiger charge is -2.07. The highest BCUT2D eigenvalue weighted by Crippen LogP contribution is 2.29. The molecule has 1 aromatic carbocycles. The fraction of sp³-hybridized carbons (Fsp3) is 0.0909. The zero-order valence-corrected chi connectivity index (χ0v) is 10.1. The van der Waals surface area contributed by atoms with Crippen molar-refractivity contribution in [1.82, 2.24) is 9.97 Å². The molecule has 0 radical (unpaired) electrons. The van der Waals surface area contributed by atoms with Gasteiger partial charge in [-0.3, -0.25) is 0 Å². The first-order valence-corrected chi connectivity index (χ1v) is 5.27. The second-order valence-corrected chi connectivity index (χ2v) is 3.70. The molecule has 2 rings (SSSR count). The van der Waals surface area contributed by atoms with E-state index in [1.807, 2.05) is 0 Å². The molecule has 0 bridgehead atoms. The van der Waals surface area contributed by atoms with Gasteiger partial charge in [0, 0.05) is 6.07 Å². The fourth-order valence-electron chi connectivity index (χ4n) is 1.19. The first kappa shape index (κ1) is 12.4. The molecule has 0 aliphatic carbocycles. The van der Waals surface area contributed by atoms with Crippen LogP contribution in [0.3, 0.4) is 0 Å². The number of anilines is 1. The van der Waals surface area contributed by atoms with Gasteiger partial charge < -0.3 is 15.2 Å². The van der Waals surface area contributed by atoms with Crippen molar-refractivity contribution < 1.29 is 13.9 Å². The summed E-state index contributed by atoms with van der Waals surface area (Å²) in [6, 6.07) is 4.13. The van der Waals surface area contributed by atoms with Crippen molar-refractivity contribution in [3.63, 3.8) is 0 Å². The number of nitrogen functional groups attached to an aromatic ring is 1. The lowest BCUT2D eigenvalue weighted by molar-refractivity contribution is 0.366. The van der Waals surface area contributed by atoms with Gasteiger partial charge in [-0.2, -0.15) is 4.98 Å². The number of halogens is 2. The maximum absolute atomic E-state index is 13.2. The van der Waals surface area contributed by atoms with Gasteiger partial charge in [0.15, 0.2) is 0 Å². The van der Waals surface area contributed by atoms with Crippen LogP contribution in [0, 0.1) is 5.82 Å². The minimum Gasteiger partial charge on any atom is -0.467 e. The highest BCUT2D eigenvalue weighted by molar-refractivity contribution is 6.31. The smallest absolute Gasteiger partial charge is 0.319 e. The summed E-state index contributed by atoms with van der Waals surface area (Å²) >= 11 is 5.85. The summed E-state index contributed by atoms with van der Waals surface area (Å²) in [6.45, 7) is 0. The largest absolute Gasteiger partial charge is 0.467 e. The first-order valence-electron chi connectivity index (χ1n) is 4.89. The summed E-state index contributed by atoms with van der Waals surface area (Å²) in [6.07, 6.45) is 1.33. The Bertz CT molecular complexity index is 580. The lowest BCUT2D eigenvalue weighted by Crippen LogP contribution is -1.96. The van der Waals surface area contributed by atoms with Gasteiger partial charge in [-0.25, -0.2) is 9.37 Å². The number of methoxy groups -OCH3 is 1. The average molecular weight is 270 g/mol. The van der Waals surface area contributed by atoms with E-state index in [0.29, 0.717) is 0 Å². The van der Waals surface area contributed by atoms with Crippen molar-refractivity contribution in [3.8, 4) is 17.6 Å². The van der Waals surface area contributed by atoms with E-state index in [9.17, 15) is 4.39 Å². The summed E-state index contributed by atoms with van der Waals surface area (Å²) in [5.41, 5.74) is 5.39. The van der Waals surface area contributed by atoms with E-state index in [1.165, 1.54) is 25.4 Å². The molecule has 1 aromatic heterocycles. The van der Waals surface area contributed by atoms with E-state index in [2.05, 4.69) is 9.97 Å². The summed E-state index contributed by atoms with van der Waals surface area (Å²) in [4.78, 5) is 7.69. The SMILES string of the molecule is COc1ncc(Cl)c(Oc2ccc(N)c(F)c2)n1. The molecule has 0 aliphatic heterocycles. The predicted octanol–water partition coefficient (Wildman–Crippen LogP) is 2.65. The molecule has 18 heavy (non-hydrogen) atoms. The Morgan fingerprint density at radius 3 is 2.83 bits per heavy atom. The summed E-state index contributed by atoms with van der Waals surface area (Å²) in [5, 5.41) is 0.188. The van der Waals surface area contributed by atoms with Crippen molar-refractivity contribution in [3.05, 3.63) is 35.2 Å². The molecule has 2 aromatic rings. The highest BCUT2D eigenvalue weighted by Gasteiger charge is 2.09. The number of nitrogens with two attached hydrogens (primary N) is 1. The number of hydrogen-bond donors (Lipinski definition) is 1. The van der Waals surface area contributed by atoms with Crippen LogP contribution >= 0.6 is 11.6 Å². The van der Waals surface area contributed by atoms with Crippen LogP contribution in [0.15, 0.2) is 24.4 Å². The Balaban J connectivity index is 2.30. The number of hydrogen-bond acceptors (Lipinski definition) is 5. The molecule has 94 valence electrons. The van der Waals surface area contributed by atoms with E-state index in [4.69, 9.17) is 26.8 Å². The molecule has 0 fully saturated rings. The highest BCUT2D eigenvalue weighted by atomic mass is 35.5. The van der Waals surface area contributed by atoms with E-state index < -0.39 is 5.82 Å². The van der Waals surface area contributed by atoms with Crippen molar-refractivity contribution in [2.75, 3.05) is 12.8 Å². The number of ether oxygens (including phenoxy) is 2. The van der Waals surface area contributed by atoms with Crippen LogP contribution in [0.1, 0.15) is 0 Å². The molecule has 2 N–H and O–H groups in total. The van der Waals surface area contributed by atoms with Gasteiger partial charge >= 0.3 is 6.01 Å². The van der Waals surface area contributed by atoms with Crippen LogP contribution in [0.2, 0.25) is 5.02 Å². The standard InChI is InChI=1S/C11H9ClFN3O2/c1-17-11-15-5-7(12)10(16-11)18-6-2-3-9(14)8(13)4-6/h2-5H,14H2,1H3. The zero-order valence-electron chi connectivity index (χ0n) is 9.35. The van der Waals surface area contributed by atoms with Gasteiger partial charge in [0.1, 0.15) is 16.6 Å². The third kappa shape index (κ3) is 2.60. The Morgan fingerprint density at radius 2 is 2.17 bits per heavy atom. The molecule has 0 atom stereocenters. The van der Waals surface area contributed by atoms with Crippen molar-refractivity contribution in [1.29, 1.82) is 0 Å². The van der Waals surface area contributed by atoms with Crippen LogP contribution in [-0.2, 0) is 0 Å². The fourth-order valence-corrected chi connectivity index (χ4v) is 1.32. The predicted molar refractivity (Wildman–Crippen MR) is 64.5 cm³/mol. The van der Waals surface area contributed by atoms with Crippen LogP contribution in [-0.4, -0.2) is 17.1 Å². The van der Waals surface area contributed by atoms with Crippen LogP contribution in [0.4, 0.5) is 10.1 Å². The maximum Gasteiger partial charge on any atom is 0.319 e. The van der Waals surface area contributed by atoms with Crippen LogP contribution in [0.5, 0.6) is 17.6 Å². The van der Waals surface area contributed by atoms with Crippen LogP contribution < -0.4 is 15.2 Å². The van der Waals surface area contributed by atoms with Gasteiger partial charge in [0.25, 0.3) is 0 Å². The van der Waals surface area contributed by atoms with Gasteiger partial charge in [-0.15, -0.1) is 0 Å². The van der Waals surface area contributed by atoms with E-state index in [0.717, 1.165) is 6.07 Å². The zero-order chi connectivity index (χ0) is 13.1. The number of nitrogens with zero attached hydrogens (tertiary/aromatic N) is 2. The maximum atomic E-state index is 13.2. The summed E-state index contributed by atoms with van der Waals surface area (Å²) in [7, 11) is 1.41. The average Bonchev–Trinajstić information content (AvgIpc) is 2.36. The second kappa shape index (κ2) is 5.05. The topological polar surface area (TPSA) is 70.3 Å². The minimum absolute atomic E-state index is 0.0358. The van der Waals surface area contributed by atoms with Gasteiger partial charge in [0.2, 0.25) is 5.88 Å². The lowest BCUT2D eigenvalue weighted by atomic mass is 10.3. The van der Waals surface area contributed by atoms with Crippen molar-refractivity contribution in [2.45, 2.75) is 0 Å².